The predicted molar refractivity (Wildman–Crippen MR) is 82.4 cm³/mol. The van der Waals surface area contributed by atoms with E-state index in [0.29, 0.717) is 0 Å². The second-order valence-corrected chi connectivity index (χ2v) is 7.56. The molecule has 0 amide bonds. The molecule has 1 aliphatic heterocycles. The van der Waals surface area contributed by atoms with Crippen molar-refractivity contribution < 1.29 is 0 Å². The Balaban J connectivity index is 1.86. The normalized spacial score (nSPS) is 38.2. The van der Waals surface area contributed by atoms with Crippen LogP contribution in [-0.2, 0) is 0 Å². The lowest BCUT2D eigenvalue weighted by atomic mass is 10.0. The molecule has 0 spiro atoms. The van der Waals surface area contributed by atoms with Crippen LogP contribution >= 0.6 is 11.8 Å². The third-order valence-electron chi connectivity index (χ3n) is 4.56. The van der Waals surface area contributed by atoms with E-state index in [1.54, 1.807) is 0 Å². The molecule has 3 heteroatoms. The first-order valence-corrected chi connectivity index (χ1v) is 8.90. The highest BCUT2D eigenvalue weighted by Gasteiger charge is 2.34. The lowest BCUT2D eigenvalue weighted by molar-refractivity contribution is 0.0907. The Morgan fingerprint density at radius 3 is 2.83 bits per heavy atom. The molecule has 0 aromatic rings. The zero-order valence-electron chi connectivity index (χ0n) is 12.3. The molecule has 2 fully saturated rings. The fourth-order valence-corrected chi connectivity index (χ4v) is 4.74. The molecule has 2 aliphatic rings. The first kappa shape index (κ1) is 14.7. The van der Waals surface area contributed by atoms with Gasteiger partial charge in [0, 0.05) is 36.5 Å². The van der Waals surface area contributed by atoms with Crippen molar-refractivity contribution in [2.45, 2.75) is 76.3 Å². The standard InChI is InChI=1S/C15H30N2S/c1-4-6-13-11-17(12(3)10-16-13)14-7-8-15(9-14)18-5-2/h12-16H,4-11H2,1-3H3. The van der Waals surface area contributed by atoms with Gasteiger partial charge in [-0.2, -0.15) is 11.8 Å². The van der Waals surface area contributed by atoms with E-state index in [9.17, 15) is 0 Å². The van der Waals surface area contributed by atoms with E-state index in [0.717, 1.165) is 23.4 Å². The van der Waals surface area contributed by atoms with E-state index < -0.39 is 0 Å². The number of hydrogen-bond donors (Lipinski definition) is 1. The zero-order chi connectivity index (χ0) is 13.0. The van der Waals surface area contributed by atoms with Crippen molar-refractivity contribution in [2.24, 2.45) is 0 Å². The summed E-state index contributed by atoms with van der Waals surface area (Å²) in [7, 11) is 0. The summed E-state index contributed by atoms with van der Waals surface area (Å²) in [6.07, 6.45) is 6.95. The van der Waals surface area contributed by atoms with Gasteiger partial charge in [0.25, 0.3) is 0 Å². The summed E-state index contributed by atoms with van der Waals surface area (Å²) in [5.74, 6) is 1.28. The van der Waals surface area contributed by atoms with Gasteiger partial charge >= 0.3 is 0 Å². The molecule has 106 valence electrons. The van der Waals surface area contributed by atoms with Gasteiger partial charge in [0.2, 0.25) is 0 Å². The molecule has 1 aliphatic carbocycles. The maximum absolute atomic E-state index is 3.71. The summed E-state index contributed by atoms with van der Waals surface area (Å²) in [5, 5.41) is 4.65. The summed E-state index contributed by atoms with van der Waals surface area (Å²) in [4.78, 5) is 2.81. The molecule has 0 aromatic carbocycles. The quantitative estimate of drug-likeness (QED) is 0.826. The Hall–Kier alpha value is 0.270. The molecule has 4 atom stereocenters. The SMILES string of the molecule is CCCC1CN(C2CCC(SCC)C2)C(C)CN1. The average molecular weight is 270 g/mol. The summed E-state index contributed by atoms with van der Waals surface area (Å²) < 4.78 is 0. The number of piperazine rings is 1. The van der Waals surface area contributed by atoms with Gasteiger partial charge in [-0.3, -0.25) is 4.90 Å². The monoisotopic (exact) mass is 270 g/mol. The minimum atomic E-state index is 0.730. The molecule has 0 bridgehead atoms. The molecule has 2 nitrogen and oxygen atoms in total. The Morgan fingerprint density at radius 1 is 1.28 bits per heavy atom. The van der Waals surface area contributed by atoms with Gasteiger partial charge in [-0.15, -0.1) is 0 Å². The average Bonchev–Trinajstić information content (AvgIpc) is 2.81. The van der Waals surface area contributed by atoms with Gasteiger partial charge < -0.3 is 5.32 Å². The number of nitrogens with one attached hydrogen (secondary N) is 1. The number of nitrogens with zero attached hydrogens (tertiary/aromatic N) is 1. The molecule has 1 N–H and O–H groups in total. The zero-order valence-corrected chi connectivity index (χ0v) is 13.1. The molecule has 1 saturated heterocycles. The van der Waals surface area contributed by atoms with Crippen molar-refractivity contribution in [1.29, 1.82) is 0 Å². The van der Waals surface area contributed by atoms with Gasteiger partial charge in [0.15, 0.2) is 0 Å². The minimum Gasteiger partial charge on any atom is -0.311 e. The van der Waals surface area contributed by atoms with Gasteiger partial charge in [0.05, 0.1) is 0 Å². The maximum atomic E-state index is 3.71. The van der Waals surface area contributed by atoms with Crippen molar-refractivity contribution in [3.8, 4) is 0 Å². The third kappa shape index (κ3) is 3.64. The summed E-state index contributed by atoms with van der Waals surface area (Å²) in [6, 6.07) is 2.34. The van der Waals surface area contributed by atoms with Crippen LogP contribution in [0.4, 0.5) is 0 Å². The lowest BCUT2D eigenvalue weighted by Gasteiger charge is -2.42. The van der Waals surface area contributed by atoms with E-state index in [2.05, 4.69) is 42.7 Å². The molecular weight excluding hydrogens is 240 g/mol. The predicted octanol–water partition coefficient (Wildman–Crippen LogP) is 3.12. The van der Waals surface area contributed by atoms with Gasteiger partial charge in [-0.05, 0) is 38.4 Å². The van der Waals surface area contributed by atoms with Crippen LogP contribution in [0.2, 0.25) is 0 Å². The summed E-state index contributed by atoms with van der Waals surface area (Å²) in [5.41, 5.74) is 0. The van der Waals surface area contributed by atoms with Gasteiger partial charge in [0.1, 0.15) is 0 Å². The van der Waals surface area contributed by atoms with Gasteiger partial charge in [-0.25, -0.2) is 0 Å². The highest BCUT2D eigenvalue weighted by Crippen LogP contribution is 2.34. The van der Waals surface area contributed by atoms with Crippen LogP contribution in [0, 0.1) is 0 Å². The van der Waals surface area contributed by atoms with Crippen molar-refractivity contribution in [2.75, 3.05) is 18.8 Å². The Morgan fingerprint density at radius 2 is 2.11 bits per heavy atom. The Bertz CT molecular complexity index is 247. The Labute approximate surface area is 117 Å². The van der Waals surface area contributed by atoms with Crippen molar-refractivity contribution in [1.82, 2.24) is 10.2 Å². The smallest absolute Gasteiger partial charge is 0.0196 e. The first-order valence-electron chi connectivity index (χ1n) is 7.85. The molecule has 18 heavy (non-hydrogen) atoms. The molecule has 0 aromatic heterocycles. The van der Waals surface area contributed by atoms with E-state index in [4.69, 9.17) is 0 Å². The van der Waals surface area contributed by atoms with Crippen LogP contribution in [0.3, 0.4) is 0 Å². The largest absolute Gasteiger partial charge is 0.311 e. The molecule has 1 heterocycles. The van der Waals surface area contributed by atoms with E-state index in [1.807, 2.05) is 0 Å². The van der Waals surface area contributed by atoms with E-state index >= 15 is 0 Å². The van der Waals surface area contributed by atoms with E-state index in [-0.39, 0.29) is 0 Å². The second-order valence-electron chi connectivity index (χ2n) is 5.98. The second kappa shape index (κ2) is 7.16. The molecule has 4 unspecified atom stereocenters. The van der Waals surface area contributed by atoms with Crippen molar-refractivity contribution >= 4 is 11.8 Å². The first-order chi connectivity index (χ1) is 8.74. The van der Waals surface area contributed by atoms with Crippen molar-refractivity contribution in [3.05, 3.63) is 0 Å². The topological polar surface area (TPSA) is 15.3 Å². The highest BCUT2D eigenvalue weighted by atomic mass is 32.2. The van der Waals surface area contributed by atoms with E-state index in [1.165, 1.54) is 50.9 Å². The lowest BCUT2D eigenvalue weighted by Crippen LogP contribution is -2.58. The molecule has 0 radical (unpaired) electrons. The fraction of sp³-hybridized carbons (Fsp3) is 1.00. The number of rotatable bonds is 5. The van der Waals surface area contributed by atoms with Crippen LogP contribution in [0.5, 0.6) is 0 Å². The minimum absolute atomic E-state index is 0.730. The van der Waals surface area contributed by atoms with Crippen LogP contribution in [0.25, 0.3) is 0 Å². The van der Waals surface area contributed by atoms with Crippen molar-refractivity contribution in [3.63, 3.8) is 0 Å². The molecular formula is C15H30N2S. The molecule has 2 rings (SSSR count). The van der Waals surface area contributed by atoms with Crippen LogP contribution in [0.15, 0.2) is 0 Å². The summed E-state index contributed by atoms with van der Waals surface area (Å²) in [6.45, 7) is 9.46. The fourth-order valence-electron chi connectivity index (χ4n) is 3.61. The van der Waals surface area contributed by atoms with Crippen LogP contribution in [0.1, 0.15) is 52.9 Å². The number of thioether (sulfide) groups is 1. The number of hydrogen-bond acceptors (Lipinski definition) is 3. The molecule has 1 saturated carbocycles. The third-order valence-corrected chi connectivity index (χ3v) is 5.80. The van der Waals surface area contributed by atoms with Crippen LogP contribution in [-0.4, -0.2) is 47.1 Å². The maximum Gasteiger partial charge on any atom is 0.0196 e. The van der Waals surface area contributed by atoms with Crippen LogP contribution < -0.4 is 5.32 Å². The highest BCUT2D eigenvalue weighted by molar-refractivity contribution is 7.99. The summed E-state index contributed by atoms with van der Waals surface area (Å²) >= 11 is 2.18. The van der Waals surface area contributed by atoms with Gasteiger partial charge in [-0.1, -0.05) is 20.3 Å². The Kier molecular flexibility index (Phi) is 5.84.